The average Bonchev–Trinajstić information content (AvgIpc) is 2.72. The van der Waals surface area contributed by atoms with Crippen LogP contribution in [0.25, 0.3) is 10.9 Å². The Bertz CT molecular complexity index is 643. The molecule has 1 N–H and O–H groups in total. The molecule has 0 unspecified atom stereocenters. The van der Waals surface area contributed by atoms with Gasteiger partial charge in [0.25, 0.3) is 5.69 Å². The van der Waals surface area contributed by atoms with E-state index in [-0.39, 0.29) is 11.4 Å². The number of nitrogens with one attached hydrogen (secondary N) is 1. The fourth-order valence-electron chi connectivity index (χ4n) is 1.63. The Morgan fingerprint density at radius 1 is 1.50 bits per heavy atom. The van der Waals surface area contributed by atoms with Gasteiger partial charge in [-0.3, -0.25) is 10.1 Å². The van der Waals surface area contributed by atoms with Crippen molar-refractivity contribution < 1.29 is 14.5 Å². The number of hydrogen-bond acceptors (Lipinski definition) is 4. The second-order valence-corrected chi connectivity index (χ2v) is 3.53. The molecular weight excluding hydrogens is 236 g/mol. The molecule has 0 spiro atoms. The van der Waals surface area contributed by atoms with Crippen molar-refractivity contribution in [2.45, 2.75) is 6.92 Å². The standard InChI is InChI=1S/C12H10N2O4/c1-2-4-11(15)18-10-7-13-12-8(10)5-3-6-9(12)14(16)17/h2-7,13H,1H3. The van der Waals surface area contributed by atoms with Crippen LogP contribution < -0.4 is 4.74 Å². The number of hydrogen-bond donors (Lipinski definition) is 1. The minimum atomic E-state index is -0.523. The molecule has 0 aliphatic heterocycles. The number of nitro benzene ring substituents is 1. The number of rotatable bonds is 3. The maximum Gasteiger partial charge on any atom is 0.335 e. The third-order valence-corrected chi connectivity index (χ3v) is 2.37. The summed E-state index contributed by atoms with van der Waals surface area (Å²) in [6.07, 6.45) is 4.26. The van der Waals surface area contributed by atoms with Gasteiger partial charge in [-0.25, -0.2) is 4.79 Å². The van der Waals surface area contributed by atoms with Crippen molar-refractivity contribution in [3.63, 3.8) is 0 Å². The van der Waals surface area contributed by atoms with E-state index in [0.29, 0.717) is 10.9 Å². The number of para-hydroxylation sites is 1. The zero-order valence-electron chi connectivity index (χ0n) is 9.54. The summed E-state index contributed by atoms with van der Waals surface area (Å²) in [4.78, 5) is 24.4. The summed E-state index contributed by atoms with van der Waals surface area (Å²) in [5.74, 6) is -0.248. The molecule has 0 aliphatic carbocycles. The van der Waals surface area contributed by atoms with Crippen LogP contribution in [-0.2, 0) is 4.79 Å². The Morgan fingerprint density at radius 2 is 2.28 bits per heavy atom. The molecule has 1 aromatic heterocycles. The summed E-state index contributed by atoms with van der Waals surface area (Å²) in [6, 6.07) is 4.58. The molecule has 2 rings (SSSR count). The fraction of sp³-hybridized carbons (Fsp3) is 0.0833. The monoisotopic (exact) mass is 246 g/mol. The molecule has 0 saturated carbocycles. The number of carbonyl (C=O) groups excluding carboxylic acids is 1. The average molecular weight is 246 g/mol. The fourth-order valence-corrected chi connectivity index (χ4v) is 1.63. The number of esters is 1. The SMILES string of the molecule is CC=CC(=O)Oc1c[nH]c2c([N+](=O)[O-])cccc12. The van der Waals surface area contributed by atoms with E-state index in [1.165, 1.54) is 18.3 Å². The largest absolute Gasteiger partial charge is 0.421 e. The first-order chi connectivity index (χ1) is 8.63. The third-order valence-electron chi connectivity index (χ3n) is 2.37. The zero-order valence-corrected chi connectivity index (χ0v) is 9.54. The van der Waals surface area contributed by atoms with Crippen LogP contribution in [0.4, 0.5) is 5.69 Å². The lowest BCUT2D eigenvalue weighted by Gasteiger charge is -1.98. The molecule has 0 radical (unpaired) electrons. The second-order valence-electron chi connectivity index (χ2n) is 3.53. The number of benzene rings is 1. The highest BCUT2D eigenvalue weighted by atomic mass is 16.6. The lowest BCUT2D eigenvalue weighted by atomic mass is 10.2. The van der Waals surface area contributed by atoms with E-state index in [0.717, 1.165) is 0 Å². The predicted molar refractivity (Wildman–Crippen MR) is 65.4 cm³/mol. The highest BCUT2D eigenvalue weighted by molar-refractivity contribution is 5.95. The molecular formula is C12H10N2O4. The van der Waals surface area contributed by atoms with Crippen molar-refractivity contribution in [3.05, 3.63) is 46.7 Å². The summed E-state index contributed by atoms with van der Waals surface area (Å²) in [5, 5.41) is 11.3. The van der Waals surface area contributed by atoms with E-state index in [2.05, 4.69) is 4.98 Å². The third kappa shape index (κ3) is 2.08. The zero-order chi connectivity index (χ0) is 13.1. The topological polar surface area (TPSA) is 85.2 Å². The van der Waals surface area contributed by atoms with Crippen LogP contribution in [-0.4, -0.2) is 15.9 Å². The highest BCUT2D eigenvalue weighted by Gasteiger charge is 2.16. The van der Waals surface area contributed by atoms with Gasteiger partial charge in [-0.05, 0) is 13.0 Å². The normalized spacial score (nSPS) is 10.9. The number of ether oxygens (including phenoxy) is 1. The molecule has 0 amide bonds. The van der Waals surface area contributed by atoms with Crippen LogP contribution >= 0.6 is 0 Å². The number of fused-ring (bicyclic) bond motifs is 1. The van der Waals surface area contributed by atoms with Gasteiger partial charge in [0.1, 0.15) is 5.52 Å². The molecule has 0 aliphatic rings. The summed E-state index contributed by atoms with van der Waals surface area (Å²) >= 11 is 0. The first-order valence-corrected chi connectivity index (χ1v) is 5.22. The summed E-state index contributed by atoms with van der Waals surface area (Å²) < 4.78 is 5.06. The van der Waals surface area contributed by atoms with Crippen molar-refractivity contribution >= 4 is 22.6 Å². The first kappa shape index (κ1) is 11.8. The molecule has 18 heavy (non-hydrogen) atoms. The van der Waals surface area contributed by atoms with Crippen LogP contribution in [0, 0.1) is 10.1 Å². The Hall–Kier alpha value is -2.63. The van der Waals surface area contributed by atoms with Gasteiger partial charge >= 0.3 is 5.97 Å². The number of aromatic amines is 1. The van der Waals surface area contributed by atoms with E-state index in [1.807, 2.05) is 0 Å². The number of aromatic nitrogens is 1. The predicted octanol–water partition coefficient (Wildman–Crippen LogP) is 2.56. The molecule has 0 saturated heterocycles. The Kier molecular flexibility index (Phi) is 3.09. The molecule has 0 fully saturated rings. The molecule has 2 aromatic rings. The van der Waals surface area contributed by atoms with Gasteiger partial charge in [0.05, 0.1) is 4.92 Å². The van der Waals surface area contributed by atoms with Gasteiger partial charge < -0.3 is 9.72 Å². The van der Waals surface area contributed by atoms with Gasteiger partial charge in [0, 0.05) is 23.7 Å². The second kappa shape index (κ2) is 4.70. The van der Waals surface area contributed by atoms with Crippen LogP contribution in [0.5, 0.6) is 5.75 Å². The number of H-pyrrole nitrogens is 1. The first-order valence-electron chi connectivity index (χ1n) is 5.22. The van der Waals surface area contributed by atoms with Crippen molar-refractivity contribution in [1.29, 1.82) is 0 Å². The summed E-state index contributed by atoms with van der Waals surface area (Å²) in [6.45, 7) is 1.70. The van der Waals surface area contributed by atoms with Crippen molar-refractivity contribution in [1.82, 2.24) is 4.98 Å². The highest BCUT2D eigenvalue weighted by Crippen LogP contribution is 2.31. The van der Waals surface area contributed by atoms with E-state index in [9.17, 15) is 14.9 Å². The smallest absolute Gasteiger partial charge is 0.335 e. The van der Waals surface area contributed by atoms with Crippen LogP contribution in [0.2, 0.25) is 0 Å². The number of nitro groups is 1. The van der Waals surface area contributed by atoms with Gasteiger partial charge in [0.15, 0.2) is 5.75 Å². The van der Waals surface area contributed by atoms with Crippen molar-refractivity contribution in [2.75, 3.05) is 0 Å². The molecule has 92 valence electrons. The Balaban J connectivity index is 2.46. The van der Waals surface area contributed by atoms with Gasteiger partial charge in [-0.1, -0.05) is 12.1 Å². The number of non-ortho nitro benzene ring substituents is 1. The Labute approximate surface area is 102 Å². The lowest BCUT2D eigenvalue weighted by molar-refractivity contribution is -0.383. The molecule has 1 aromatic carbocycles. The van der Waals surface area contributed by atoms with Crippen molar-refractivity contribution in [3.8, 4) is 5.75 Å². The number of allylic oxidation sites excluding steroid dienone is 1. The van der Waals surface area contributed by atoms with Crippen molar-refractivity contribution in [2.24, 2.45) is 0 Å². The maximum atomic E-state index is 11.3. The summed E-state index contributed by atoms with van der Waals surface area (Å²) in [7, 11) is 0. The minimum absolute atomic E-state index is 0.0548. The number of nitrogens with zero attached hydrogens (tertiary/aromatic N) is 1. The van der Waals surface area contributed by atoms with E-state index in [4.69, 9.17) is 4.74 Å². The molecule has 0 atom stereocenters. The molecule has 1 heterocycles. The van der Waals surface area contributed by atoms with Crippen LogP contribution in [0.1, 0.15) is 6.92 Å². The summed E-state index contributed by atoms with van der Waals surface area (Å²) in [5.41, 5.74) is 0.284. The van der Waals surface area contributed by atoms with Crippen LogP contribution in [0.15, 0.2) is 36.5 Å². The molecule has 6 nitrogen and oxygen atoms in total. The maximum absolute atomic E-state index is 11.3. The quantitative estimate of drug-likeness (QED) is 0.390. The van der Waals surface area contributed by atoms with Gasteiger partial charge in [-0.15, -0.1) is 0 Å². The number of carbonyl (C=O) groups is 1. The van der Waals surface area contributed by atoms with Crippen LogP contribution in [0.3, 0.4) is 0 Å². The minimum Gasteiger partial charge on any atom is -0.421 e. The molecule has 0 bridgehead atoms. The van der Waals surface area contributed by atoms with E-state index < -0.39 is 10.9 Å². The lowest BCUT2D eigenvalue weighted by Crippen LogP contribution is -2.02. The van der Waals surface area contributed by atoms with Gasteiger partial charge in [-0.2, -0.15) is 0 Å². The Morgan fingerprint density at radius 3 is 2.94 bits per heavy atom. The van der Waals surface area contributed by atoms with Gasteiger partial charge in [0.2, 0.25) is 0 Å². The molecule has 6 heteroatoms. The van der Waals surface area contributed by atoms with E-state index >= 15 is 0 Å². The van der Waals surface area contributed by atoms with E-state index in [1.54, 1.807) is 25.1 Å².